The van der Waals surface area contributed by atoms with Gasteiger partial charge in [0.05, 0.1) is 13.0 Å². The summed E-state index contributed by atoms with van der Waals surface area (Å²) in [6, 6.07) is 7.24. The molecule has 1 aromatic carbocycles. The van der Waals surface area contributed by atoms with Gasteiger partial charge in [0.25, 0.3) is 5.91 Å². The summed E-state index contributed by atoms with van der Waals surface area (Å²) in [5.41, 5.74) is 1.49. The van der Waals surface area contributed by atoms with Crippen LogP contribution in [0.3, 0.4) is 0 Å². The van der Waals surface area contributed by atoms with Gasteiger partial charge in [-0.25, -0.2) is 0 Å². The normalized spacial score (nSPS) is 10.7. The number of amides is 1. The van der Waals surface area contributed by atoms with Gasteiger partial charge in [-0.2, -0.15) is 0 Å². The molecule has 1 N–H and O–H groups in total. The molecule has 5 heteroatoms. The van der Waals surface area contributed by atoms with Crippen LogP contribution in [0.1, 0.15) is 36.2 Å². The fourth-order valence-electron chi connectivity index (χ4n) is 2.09. The number of hydrogen-bond acceptors (Lipinski definition) is 3. The first-order valence-corrected chi connectivity index (χ1v) is 7.03. The Bertz CT molecular complexity index is 485. The van der Waals surface area contributed by atoms with Crippen LogP contribution in [-0.4, -0.2) is 42.1 Å². The Labute approximate surface area is 125 Å². The Hall–Kier alpha value is -1.88. The summed E-state index contributed by atoms with van der Waals surface area (Å²) in [6.45, 7) is 5.21. The van der Waals surface area contributed by atoms with E-state index in [1.165, 1.54) is 0 Å². The molecular formula is C16H23NO4. The molecular weight excluding hydrogens is 270 g/mol. The Morgan fingerprint density at radius 1 is 1.33 bits per heavy atom. The fraction of sp³-hybridized carbons (Fsp3) is 0.500. The second-order valence-corrected chi connectivity index (χ2v) is 5.42. The Morgan fingerprint density at radius 2 is 2.05 bits per heavy atom. The molecule has 0 aromatic heterocycles. The van der Waals surface area contributed by atoms with Crippen molar-refractivity contribution in [3.05, 3.63) is 35.4 Å². The molecule has 0 heterocycles. The number of carboxylic acid groups (broad SMARTS) is 1. The molecule has 0 saturated heterocycles. The molecule has 0 aliphatic rings. The number of carbonyl (C=O) groups is 2. The Kier molecular flexibility index (Phi) is 6.88. The van der Waals surface area contributed by atoms with Crippen LogP contribution in [0.15, 0.2) is 24.3 Å². The predicted octanol–water partition coefficient (Wildman–Crippen LogP) is 2.41. The average molecular weight is 293 g/mol. The third-order valence-corrected chi connectivity index (χ3v) is 2.95. The van der Waals surface area contributed by atoms with Gasteiger partial charge in [0.15, 0.2) is 0 Å². The van der Waals surface area contributed by atoms with Crippen molar-refractivity contribution in [3.8, 4) is 0 Å². The van der Waals surface area contributed by atoms with Gasteiger partial charge in [0, 0.05) is 25.8 Å². The minimum absolute atomic E-state index is 0.0454. The molecule has 1 rings (SSSR count). The van der Waals surface area contributed by atoms with Gasteiger partial charge in [-0.3, -0.25) is 9.59 Å². The van der Waals surface area contributed by atoms with Gasteiger partial charge in [-0.15, -0.1) is 0 Å². The summed E-state index contributed by atoms with van der Waals surface area (Å²) in [7, 11) is 1.60. The third-order valence-electron chi connectivity index (χ3n) is 2.95. The van der Waals surface area contributed by atoms with Gasteiger partial charge in [0.2, 0.25) is 0 Å². The van der Waals surface area contributed by atoms with Crippen molar-refractivity contribution in [1.82, 2.24) is 4.90 Å². The van der Waals surface area contributed by atoms with Crippen LogP contribution in [-0.2, 0) is 16.1 Å². The van der Waals surface area contributed by atoms with Crippen LogP contribution >= 0.6 is 0 Å². The van der Waals surface area contributed by atoms with E-state index in [1.54, 1.807) is 24.1 Å². The SMILES string of the molecule is COCc1cccc(C(=O)N(CCC(=O)O)CC(C)C)c1. The number of carboxylic acids is 1. The van der Waals surface area contributed by atoms with E-state index in [0.29, 0.717) is 18.7 Å². The summed E-state index contributed by atoms with van der Waals surface area (Å²) < 4.78 is 5.06. The second kappa shape index (κ2) is 8.42. The minimum Gasteiger partial charge on any atom is -0.481 e. The lowest BCUT2D eigenvalue weighted by Crippen LogP contribution is -2.36. The van der Waals surface area contributed by atoms with Crippen molar-refractivity contribution in [1.29, 1.82) is 0 Å². The molecule has 1 amide bonds. The maximum atomic E-state index is 12.5. The van der Waals surface area contributed by atoms with Gasteiger partial charge < -0.3 is 14.7 Å². The zero-order valence-electron chi connectivity index (χ0n) is 12.8. The topological polar surface area (TPSA) is 66.8 Å². The monoisotopic (exact) mass is 293 g/mol. The van der Waals surface area contributed by atoms with E-state index >= 15 is 0 Å². The van der Waals surface area contributed by atoms with Crippen molar-refractivity contribution < 1.29 is 19.4 Å². The van der Waals surface area contributed by atoms with Gasteiger partial charge in [-0.05, 0) is 23.6 Å². The van der Waals surface area contributed by atoms with Gasteiger partial charge in [0.1, 0.15) is 0 Å². The molecule has 0 spiro atoms. The van der Waals surface area contributed by atoms with E-state index in [9.17, 15) is 9.59 Å². The summed E-state index contributed by atoms with van der Waals surface area (Å²) >= 11 is 0. The van der Waals surface area contributed by atoms with E-state index in [-0.39, 0.29) is 24.8 Å². The molecule has 0 aliphatic carbocycles. The highest BCUT2D eigenvalue weighted by molar-refractivity contribution is 5.94. The summed E-state index contributed by atoms with van der Waals surface area (Å²) in [6.07, 6.45) is -0.0454. The fourth-order valence-corrected chi connectivity index (χ4v) is 2.09. The van der Waals surface area contributed by atoms with Gasteiger partial charge >= 0.3 is 5.97 Å². The maximum Gasteiger partial charge on any atom is 0.305 e. The highest BCUT2D eigenvalue weighted by atomic mass is 16.5. The number of benzene rings is 1. The Balaban J connectivity index is 2.87. The lowest BCUT2D eigenvalue weighted by molar-refractivity contribution is -0.137. The largest absolute Gasteiger partial charge is 0.481 e. The summed E-state index contributed by atoms with van der Waals surface area (Å²) in [5.74, 6) is -0.752. The number of carbonyl (C=O) groups excluding carboxylic acids is 1. The minimum atomic E-state index is -0.898. The molecule has 0 saturated carbocycles. The van der Waals surface area contributed by atoms with E-state index in [0.717, 1.165) is 5.56 Å². The molecule has 0 radical (unpaired) electrons. The quantitative estimate of drug-likeness (QED) is 0.799. The number of hydrogen-bond donors (Lipinski definition) is 1. The Morgan fingerprint density at radius 3 is 2.62 bits per heavy atom. The van der Waals surface area contributed by atoms with Crippen LogP contribution in [0.25, 0.3) is 0 Å². The standard InChI is InChI=1S/C16H23NO4/c1-12(2)10-17(8-7-15(18)19)16(20)14-6-4-5-13(9-14)11-21-3/h4-6,9,12H,7-8,10-11H2,1-3H3,(H,18,19). The molecule has 1 aromatic rings. The van der Waals surface area contributed by atoms with Crippen molar-refractivity contribution in [2.45, 2.75) is 26.9 Å². The molecule has 21 heavy (non-hydrogen) atoms. The van der Waals surface area contributed by atoms with Crippen molar-refractivity contribution in [3.63, 3.8) is 0 Å². The van der Waals surface area contributed by atoms with E-state index < -0.39 is 5.97 Å². The third kappa shape index (κ3) is 5.95. The number of aliphatic carboxylic acids is 1. The molecule has 0 unspecified atom stereocenters. The average Bonchev–Trinajstić information content (AvgIpc) is 2.43. The van der Waals surface area contributed by atoms with Crippen molar-refractivity contribution >= 4 is 11.9 Å². The van der Waals surface area contributed by atoms with E-state index in [4.69, 9.17) is 9.84 Å². The first kappa shape index (κ1) is 17.2. The molecule has 0 aliphatic heterocycles. The molecule has 0 atom stereocenters. The first-order valence-electron chi connectivity index (χ1n) is 7.03. The van der Waals surface area contributed by atoms with Crippen molar-refractivity contribution in [2.75, 3.05) is 20.2 Å². The van der Waals surface area contributed by atoms with Crippen LogP contribution in [0.5, 0.6) is 0 Å². The maximum absolute atomic E-state index is 12.5. The van der Waals surface area contributed by atoms with Crippen LogP contribution in [0, 0.1) is 5.92 Å². The van der Waals surface area contributed by atoms with Gasteiger partial charge in [-0.1, -0.05) is 26.0 Å². The van der Waals surface area contributed by atoms with E-state index in [2.05, 4.69) is 0 Å². The molecule has 116 valence electrons. The van der Waals surface area contributed by atoms with Crippen LogP contribution < -0.4 is 0 Å². The number of ether oxygens (including phenoxy) is 1. The van der Waals surface area contributed by atoms with Crippen molar-refractivity contribution in [2.24, 2.45) is 5.92 Å². The van der Waals surface area contributed by atoms with Crippen LogP contribution in [0.2, 0.25) is 0 Å². The summed E-state index contributed by atoms with van der Waals surface area (Å²) in [5, 5.41) is 8.81. The number of rotatable bonds is 8. The first-order chi connectivity index (χ1) is 9.93. The highest BCUT2D eigenvalue weighted by Crippen LogP contribution is 2.11. The highest BCUT2D eigenvalue weighted by Gasteiger charge is 2.18. The zero-order chi connectivity index (χ0) is 15.8. The lowest BCUT2D eigenvalue weighted by atomic mass is 10.1. The predicted molar refractivity (Wildman–Crippen MR) is 80.1 cm³/mol. The van der Waals surface area contributed by atoms with Crippen LogP contribution in [0.4, 0.5) is 0 Å². The second-order valence-electron chi connectivity index (χ2n) is 5.42. The molecule has 5 nitrogen and oxygen atoms in total. The zero-order valence-corrected chi connectivity index (χ0v) is 12.8. The smallest absolute Gasteiger partial charge is 0.305 e. The molecule has 0 fully saturated rings. The summed E-state index contributed by atoms with van der Waals surface area (Å²) in [4.78, 5) is 24.9. The molecule has 0 bridgehead atoms. The number of methoxy groups -OCH3 is 1. The number of nitrogens with zero attached hydrogens (tertiary/aromatic N) is 1. The lowest BCUT2D eigenvalue weighted by Gasteiger charge is -2.24. The van der Waals surface area contributed by atoms with E-state index in [1.807, 2.05) is 26.0 Å².